The van der Waals surface area contributed by atoms with Gasteiger partial charge in [0.15, 0.2) is 0 Å². The highest BCUT2D eigenvalue weighted by Crippen LogP contribution is 2.28. The normalized spacial score (nSPS) is 19.7. The molecule has 5 heteroatoms. The van der Waals surface area contributed by atoms with Crippen LogP contribution in [0, 0.1) is 6.92 Å². The Labute approximate surface area is 125 Å². The van der Waals surface area contributed by atoms with E-state index in [-0.39, 0.29) is 0 Å². The molecule has 2 saturated heterocycles. The third-order valence-corrected chi connectivity index (χ3v) is 4.64. The largest absolute Gasteiger partial charge is 0.371 e. The number of nitrogens with zero attached hydrogens (tertiary/aromatic N) is 3. The van der Waals surface area contributed by atoms with Crippen molar-refractivity contribution in [1.82, 2.24) is 15.3 Å². The van der Waals surface area contributed by atoms with Gasteiger partial charge >= 0.3 is 0 Å². The van der Waals surface area contributed by atoms with Crippen LogP contribution in [0.1, 0.15) is 18.4 Å². The second-order valence-electron chi connectivity index (χ2n) is 6.15. The number of hydrogen-bond acceptors (Lipinski definition) is 4. The summed E-state index contributed by atoms with van der Waals surface area (Å²) in [6.07, 6.45) is 2.62. The van der Waals surface area contributed by atoms with Crippen molar-refractivity contribution >= 4 is 22.7 Å². The number of imidazole rings is 1. The van der Waals surface area contributed by atoms with Crippen LogP contribution in [-0.2, 0) is 0 Å². The van der Waals surface area contributed by atoms with Gasteiger partial charge < -0.3 is 20.1 Å². The maximum atomic E-state index is 4.83. The Hall–Kier alpha value is -1.75. The SMILES string of the molecule is Cc1cc(N2CCCC2)cc2[nH]c(N3CCNCC3)nc12. The summed E-state index contributed by atoms with van der Waals surface area (Å²) in [6, 6.07) is 4.56. The molecule has 0 aliphatic carbocycles. The summed E-state index contributed by atoms with van der Waals surface area (Å²) in [4.78, 5) is 13.2. The van der Waals surface area contributed by atoms with Crippen molar-refractivity contribution in [3.05, 3.63) is 17.7 Å². The minimum Gasteiger partial charge on any atom is -0.371 e. The molecule has 2 aromatic rings. The summed E-state index contributed by atoms with van der Waals surface area (Å²) in [5.41, 5.74) is 4.90. The van der Waals surface area contributed by atoms with Crippen LogP contribution in [0.5, 0.6) is 0 Å². The van der Waals surface area contributed by atoms with E-state index in [2.05, 4.69) is 39.2 Å². The van der Waals surface area contributed by atoms with E-state index in [0.717, 1.165) is 37.6 Å². The Morgan fingerprint density at radius 1 is 1.00 bits per heavy atom. The van der Waals surface area contributed by atoms with Gasteiger partial charge in [0.05, 0.1) is 11.0 Å². The highest BCUT2D eigenvalue weighted by Gasteiger charge is 2.18. The van der Waals surface area contributed by atoms with Gasteiger partial charge in [-0.15, -0.1) is 0 Å². The molecule has 1 aromatic heterocycles. The molecule has 2 fully saturated rings. The maximum Gasteiger partial charge on any atom is 0.203 e. The summed E-state index contributed by atoms with van der Waals surface area (Å²) < 4.78 is 0. The lowest BCUT2D eigenvalue weighted by molar-refractivity contribution is 0.582. The van der Waals surface area contributed by atoms with E-state index >= 15 is 0 Å². The van der Waals surface area contributed by atoms with Gasteiger partial charge in [0.2, 0.25) is 5.95 Å². The molecule has 2 aliphatic rings. The molecule has 3 heterocycles. The van der Waals surface area contributed by atoms with E-state index < -0.39 is 0 Å². The molecule has 0 spiro atoms. The van der Waals surface area contributed by atoms with Crippen LogP contribution in [0.3, 0.4) is 0 Å². The Balaban J connectivity index is 1.70. The highest BCUT2D eigenvalue weighted by atomic mass is 15.3. The monoisotopic (exact) mass is 285 g/mol. The molecule has 0 unspecified atom stereocenters. The summed E-state index contributed by atoms with van der Waals surface area (Å²) in [6.45, 7) is 8.66. The van der Waals surface area contributed by atoms with Gasteiger partial charge in [-0.3, -0.25) is 0 Å². The van der Waals surface area contributed by atoms with Crippen LogP contribution in [0.2, 0.25) is 0 Å². The van der Waals surface area contributed by atoms with E-state index in [9.17, 15) is 0 Å². The molecule has 0 amide bonds. The molecule has 0 radical (unpaired) electrons. The number of anilines is 2. The molecule has 5 nitrogen and oxygen atoms in total. The molecule has 112 valence electrons. The fraction of sp³-hybridized carbons (Fsp3) is 0.562. The number of nitrogens with one attached hydrogen (secondary N) is 2. The first-order valence-corrected chi connectivity index (χ1v) is 8.02. The topological polar surface area (TPSA) is 47.2 Å². The molecular weight excluding hydrogens is 262 g/mol. The predicted molar refractivity (Wildman–Crippen MR) is 87.4 cm³/mol. The van der Waals surface area contributed by atoms with E-state index in [1.165, 1.54) is 42.7 Å². The third-order valence-electron chi connectivity index (χ3n) is 4.64. The van der Waals surface area contributed by atoms with Crippen molar-refractivity contribution in [1.29, 1.82) is 0 Å². The quantitative estimate of drug-likeness (QED) is 0.884. The average Bonchev–Trinajstić information content (AvgIpc) is 3.17. The third kappa shape index (κ3) is 2.35. The van der Waals surface area contributed by atoms with Crippen molar-refractivity contribution in [2.75, 3.05) is 49.1 Å². The van der Waals surface area contributed by atoms with Gasteiger partial charge in [0, 0.05) is 45.0 Å². The van der Waals surface area contributed by atoms with Gasteiger partial charge in [-0.2, -0.15) is 0 Å². The summed E-state index contributed by atoms with van der Waals surface area (Å²) in [5.74, 6) is 1.02. The van der Waals surface area contributed by atoms with Crippen LogP contribution in [0.25, 0.3) is 11.0 Å². The predicted octanol–water partition coefficient (Wildman–Crippen LogP) is 1.88. The van der Waals surface area contributed by atoms with Crippen molar-refractivity contribution in [3.8, 4) is 0 Å². The lowest BCUT2D eigenvalue weighted by atomic mass is 10.1. The minimum absolute atomic E-state index is 1.02. The Morgan fingerprint density at radius 3 is 2.52 bits per heavy atom. The van der Waals surface area contributed by atoms with Gasteiger partial charge in [-0.25, -0.2) is 4.98 Å². The molecule has 1 aromatic carbocycles. The fourth-order valence-corrected chi connectivity index (χ4v) is 3.44. The zero-order valence-electron chi connectivity index (χ0n) is 12.7. The highest BCUT2D eigenvalue weighted by molar-refractivity contribution is 5.85. The van der Waals surface area contributed by atoms with Gasteiger partial charge in [-0.1, -0.05) is 0 Å². The fourth-order valence-electron chi connectivity index (χ4n) is 3.44. The van der Waals surface area contributed by atoms with Crippen LogP contribution < -0.4 is 15.1 Å². The summed E-state index contributed by atoms with van der Waals surface area (Å²) in [7, 11) is 0. The van der Waals surface area contributed by atoms with Gasteiger partial charge in [0.1, 0.15) is 0 Å². The number of H-pyrrole nitrogens is 1. The van der Waals surface area contributed by atoms with Gasteiger partial charge in [-0.05, 0) is 37.5 Å². The first-order chi connectivity index (χ1) is 10.3. The number of aromatic nitrogens is 2. The second kappa shape index (κ2) is 5.22. The van der Waals surface area contributed by atoms with Crippen molar-refractivity contribution in [2.24, 2.45) is 0 Å². The molecule has 0 bridgehead atoms. The summed E-state index contributed by atoms with van der Waals surface area (Å²) in [5, 5.41) is 3.39. The number of benzene rings is 1. The molecule has 2 aliphatic heterocycles. The zero-order chi connectivity index (χ0) is 14.2. The Bertz CT molecular complexity index is 635. The first kappa shape index (κ1) is 13.0. The molecular formula is C16H23N5. The smallest absolute Gasteiger partial charge is 0.203 e. The minimum atomic E-state index is 1.02. The van der Waals surface area contributed by atoms with Crippen LogP contribution in [0.4, 0.5) is 11.6 Å². The average molecular weight is 285 g/mol. The lowest BCUT2D eigenvalue weighted by Crippen LogP contribution is -2.44. The van der Waals surface area contributed by atoms with E-state index in [4.69, 9.17) is 4.98 Å². The zero-order valence-corrected chi connectivity index (χ0v) is 12.7. The molecule has 2 N–H and O–H groups in total. The standard InChI is InChI=1S/C16H23N5/c1-12-10-13(20-6-2-3-7-20)11-14-15(12)19-16(18-14)21-8-4-17-5-9-21/h10-11,17H,2-9H2,1H3,(H,18,19). The number of fused-ring (bicyclic) bond motifs is 1. The van der Waals surface area contributed by atoms with Crippen LogP contribution in [0.15, 0.2) is 12.1 Å². The number of aromatic amines is 1. The lowest BCUT2D eigenvalue weighted by Gasteiger charge is -2.26. The molecule has 21 heavy (non-hydrogen) atoms. The van der Waals surface area contributed by atoms with Crippen LogP contribution >= 0.6 is 0 Å². The molecule has 0 saturated carbocycles. The second-order valence-corrected chi connectivity index (χ2v) is 6.15. The number of hydrogen-bond donors (Lipinski definition) is 2. The van der Waals surface area contributed by atoms with Crippen molar-refractivity contribution in [3.63, 3.8) is 0 Å². The number of rotatable bonds is 2. The van der Waals surface area contributed by atoms with Crippen LogP contribution in [-0.4, -0.2) is 49.2 Å². The van der Waals surface area contributed by atoms with E-state index in [1.54, 1.807) is 0 Å². The number of piperazine rings is 1. The summed E-state index contributed by atoms with van der Waals surface area (Å²) >= 11 is 0. The molecule has 4 rings (SSSR count). The van der Waals surface area contributed by atoms with E-state index in [1.807, 2.05) is 0 Å². The Morgan fingerprint density at radius 2 is 1.76 bits per heavy atom. The number of aryl methyl sites for hydroxylation is 1. The maximum absolute atomic E-state index is 4.83. The molecule has 0 atom stereocenters. The van der Waals surface area contributed by atoms with Gasteiger partial charge in [0.25, 0.3) is 0 Å². The van der Waals surface area contributed by atoms with Crippen molar-refractivity contribution in [2.45, 2.75) is 19.8 Å². The first-order valence-electron chi connectivity index (χ1n) is 8.02. The Kier molecular flexibility index (Phi) is 3.22. The van der Waals surface area contributed by atoms with E-state index in [0.29, 0.717) is 0 Å². The van der Waals surface area contributed by atoms with Crippen molar-refractivity contribution < 1.29 is 0 Å².